The van der Waals surface area contributed by atoms with Gasteiger partial charge in [-0.05, 0) is 25.7 Å². The fourth-order valence-electron chi connectivity index (χ4n) is 2.53. The molecule has 4 nitrogen and oxygen atoms in total. The molecule has 2 fully saturated rings. The smallest absolute Gasteiger partial charge is 0.407 e. The van der Waals surface area contributed by atoms with Gasteiger partial charge >= 0.3 is 6.09 Å². The van der Waals surface area contributed by atoms with E-state index in [1.807, 2.05) is 0 Å². The van der Waals surface area contributed by atoms with Gasteiger partial charge in [0.2, 0.25) is 3.79 Å². The van der Waals surface area contributed by atoms with Crippen molar-refractivity contribution < 1.29 is 9.53 Å². The molecule has 3 atom stereocenters. The van der Waals surface area contributed by atoms with E-state index in [9.17, 15) is 4.79 Å². The van der Waals surface area contributed by atoms with Crippen LogP contribution in [0.1, 0.15) is 25.7 Å². The fourth-order valence-corrected chi connectivity index (χ4v) is 2.69. The summed E-state index contributed by atoms with van der Waals surface area (Å²) in [5, 5.41) is 6.31. The molecule has 8 heteroatoms. The van der Waals surface area contributed by atoms with E-state index in [0.717, 1.165) is 12.8 Å². The number of alkyl carbamates (subject to hydrolysis) is 1. The molecule has 2 heterocycles. The Morgan fingerprint density at radius 1 is 1.28 bits per heavy atom. The van der Waals surface area contributed by atoms with Gasteiger partial charge in [0, 0.05) is 18.1 Å². The quantitative estimate of drug-likeness (QED) is 0.762. The second kappa shape index (κ2) is 6.71. The van der Waals surface area contributed by atoms with Gasteiger partial charge < -0.3 is 15.4 Å². The predicted molar refractivity (Wildman–Crippen MR) is 75.0 cm³/mol. The van der Waals surface area contributed by atoms with E-state index in [1.165, 1.54) is 12.8 Å². The van der Waals surface area contributed by atoms with E-state index in [1.54, 1.807) is 0 Å². The second-order valence-corrected chi connectivity index (χ2v) is 7.16. The summed E-state index contributed by atoms with van der Waals surface area (Å²) in [6.45, 7) is -0.235. The molecule has 0 aromatic heterocycles. The van der Waals surface area contributed by atoms with E-state index in [-0.39, 0.29) is 25.1 Å². The summed E-state index contributed by atoms with van der Waals surface area (Å²) < 4.78 is 3.28. The molecule has 106 valence electrons. The van der Waals surface area contributed by atoms with Gasteiger partial charge in [-0.3, -0.25) is 0 Å². The molecule has 0 spiro atoms. The number of amides is 1. The molecule has 2 bridgehead atoms. The van der Waals surface area contributed by atoms with Crippen LogP contribution in [0.3, 0.4) is 0 Å². The maximum Gasteiger partial charge on any atom is 0.407 e. The zero-order valence-corrected chi connectivity index (χ0v) is 12.7. The molecule has 0 saturated carbocycles. The molecule has 2 aliphatic heterocycles. The summed E-state index contributed by atoms with van der Waals surface area (Å²) in [5.41, 5.74) is 0. The molecule has 0 aromatic carbocycles. The van der Waals surface area contributed by atoms with Gasteiger partial charge in [0.05, 0.1) is 0 Å². The van der Waals surface area contributed by atoms with Crippen molar-refractivity contribution in [1.82, 2.24) is 10.6 Å². The van der Waals surface area contributed by atoms with E-state index >= 15 is 0 Å². The molecule has 2 N–H and O–H groups in total. The molecule has 0 aliphatic carbocycles. The van der Waals surface area contributed by atoms with E-state index < -0.39 is 9.89 Å². The maximum absolute atomic E-state index is 11.5. The van der Waals surface area contributed by atoms with Crippen LogP contribution in [0, 0.1) is 0 Å². The highest BCUT2D eigenvalue weighted by atomic mass is 35.6. The monoisotopic (exact) mass is 336 g/mol. The normalized spacial score (nSPS) is 30.5. The number of alkyl halides is 3. The third kappa shape index (κ3) is 5.17. The van der Waals surface area contributed by atoms with Crippen LogP contribution in [0.15, 0.2) is 0 Å². The minimum atomic E-state index is -1.55. The minimum Gasteiger partial charge on any atom is -0.445 e. The number of hydrogen-bond acceptors (Lipinski definition) is 3. The van der Waals surface area contributed by atoms with Crippen molar-refractivity contribution in [3.8, 4) is 0 Å². The van der Waals surface area contributed by atoms with E-state index in [4.69, 9.17) is 39.5 Å². The number of fused-ring (bicyclic) bond motifs is 2. The molecule has 0 unspecified atom stereocenters. The Balaban J connectivity index is 0.00000162. The lowest BCUT2D eigenvalue weighted by molar-refractivity contribution is 0.140. The number of piperidine rings is 1. The van der Waals surface area contributed by atoms with Crippen molar-refractivity contribution in [3.05, 3.63) is 0 Å². The summed E-state index contributed by atoms with van der Waals surface area (Å²) in [7, 11) is 0. The van der Waals surface area contributed by atoms with Crippen LogP contribution in [0.2, 0.25) is 0 Å². The number of ether oxygens (including phenoxy) is 1. The number of hydrogen-bond donors (Lipinski definition) is 2. The first kappa shape index (κ1) is 16.4. The third-order valence-corrected chi connectivity index (χ3v) is 3.49. The van der Waals surface area contributed by atoms with Gasteiger partial charge in [0.25, 0.3) is 0 Å². The van der Waals surface area contributed by atoms with Gasteiger partial charge in [0.1, 0.15) is 6.61 Å². The highest BCUT2D eigenvalue weighted by Gasteiger charge is 2.34. The highest BCUT2D eigenvalue weighted by Crippen LogP contribution is 2.27. The molecule has 1 amide bonds. The lowest BCUT2D eigenvalue weighted by Gasteiger charge is -2.29. The summed E-state index contributed by atoms with van der Waals surface area (Å²) >= 11 is 16.5. The highest BCUT2D eigenvalue weighted by molar-refractivity contribution is 6.67. The van der Waals surface area contributed by atoms with Gasteiger partial charge in [-0.25, -0.2) is 4.79 Å². The number of nitrogens with one attached hydrogen (secondary N) is 2. The minimum absolute atomic E-state index is 0. The lowest BCUT2D eigenvalue weighted by atomic mass is 10.0. The molecular formula is C10H16Cl4N2O2. The van der Waals surface area contributed by atoms with Crippen molar-refractivity contribution in [1.29, 1.82) is 0 Å². The van der Waals surface area contributed by atoms with E-state index in [2.05, 4.69) is 10.6 Å². The van der Waals surface area contributed by atoms with Gasteiger partial charge in [-0.2, -0.15) is 0 Å². The molecule has 2 rings (SSSR count). The number of rotatable bonds is 2. The van der Waals surface area contributed by atoms with Crippen molar-refractivity contribution in [3.63, 3.8) is 0 Å². The van der Waals surface area contributed by atoms with Crippen molar-refractivity contribution in [2.45, 2.75) is 47.6 Å². The van der Waals surface area contributed by atoms with Gasteiger partial charge in [-0.15, -0.1) is 12.4 Å². The fraction of sp³-hybridized carbons (Fsp3) is 0.900. The molecule has 0 radical (unpaired) electrons. The summed E-state index contributed by atoms with van der Waals surface area (Å²) in [4.78, 5) is 11.5. The van der Waals surface area contributed by atoms with Crippen LogP contribution in [-0.2, 0) is 4.74 Å². The largest absolute Gasteiger partial charge is 0.445 e. The van der Waals surface area contributed by atoms with Gasteiger partial charge in [-0.1, -0.05) is 34.8 Å². The Morgan fingerprint density at radius 3 is 2.33 bits per heavy atom. The summed E-state index contributed by atoms with van der Waals surface area (Å²) in [6, 6.07) is 1.20. The molecular weight excluding hydrogens is 322 g/mol. The average Bonchev–Trinajstić information content (AvgIpc) is 2.54. The summed E-state index contributed by atoms with van der Waals surface area (Å²) in [6.07, 6.45) is 3.75. The standard InChI is InChI=1S/C10H15Cl3N2O2.ClH/c11-10(12,13)5-17-9(16)15-8-3-6-1-2-7(4-8)14-6;/h6-8,14H,1-5H2,(H,15,16);1H/t6-,7+,8-;. The van der Waals surface area contributed by atoms with Crippen LogP contribution in [0.5, 0.6) is 0 Å². The second-order valence-electron chi connectivity index (χ2n) is 4.64. The molecule has 2 saturated heterocycles. The average molecular weight is 338 g/mol. The van der Waals surface area contributed by atoms with Crippen molar-refractivity contribution >= 4 is 53.3 Å². The maximum atomic E-state index is 11.5. The predicted octanol–water partition coefficient (Wildman–Crippen LogP) is 2.79. The Bertz CT molecular complexity index is 286. The first-order chi connectivity index (χ1) is 7.92. The van der Waals surface area contributed by atoms with Crippen LogP contribution in [0.25, 0.3) is 0 Å². The third-order valence-electron chi connectivity index (χ3n) is 3.16. The Labute approximate surface area is 127 Å². The SMILES string of the molecule is Cl.O=C(N[C@@H]1C[C@H]2CC[C@@H](C1)N2)OCC(Cl)(Cl)Cl. The molecule has 2 aliphatic rings. The van der Waals surface area contributed by atoms with Crippen molar-refractivity contribution in [2.24, 2.45) is 0 Å². The zero-order chi connectivity index (χ0) is 12.5. The molecule has 18 heavy (non-hydrogen) atoms. The lowest BCUT2D eigenvalue weighted by Crippen LogP contribution is -2.48. The molecule has 0 aromatic rings. The van der Waals surface area contributed by atoms with Crippen LogP contribution in [-0.4, -0.2) is 34.6 Å². The van der Waals surface area contributed by atoms with Gasteiger partial charge in [0.15, 0.2) is 0 Å². The van der Waals surface area contributed by atoms with E-state index in [0.29, 0.717) is 12.1 Å². The van der Waals surface area contributed by atoms with Crippen LogP contribution < -0.4 is 10.6 Å². The number of carbonyl (C=O) groups is 1. The van der Waals surface area contributed by atoms with Crippen LogP contribution >= 0.6 is 47.2 Å². The first-order valence-electron chi connectivity index (χ1n) is 5.68. The Morgan fingerprint density at radius 2 is 1.83 bits per heavy atom. The first-order valence-corrected chi connectivity index (χ1v) is 6.82. The Kier molecular flexibility index (Phi) is 6.13. The number of carbonyl (C=O) groups excluding carboxylic acids is 1. The summed E-state index contributed by atoms with van der Waals surface area (Å²) in [5.74, 6) is 0. The van der Waals surface area contributed by atoms with Crippen molar-refractivity contribution in [2.75, 3.05) is 6.61 Å². The van der Waals surface area contributed by atoms with Crippen LogP contribution in [0.4, 0.5) is 4.79 Å². The topological polar surface area (TPSA) is 50.4 Å². The zero-order valence-electron chi connectivity index (χ0n) is 9.63. The Hall–Kier alpha value is 0.390. The number of halogens is 4.